The molecule has 3 aromatic rings. The molecule has 0 saturated carbocycles. The Bertz CT molecular complexity index is 888. The fraction of sp³-hybridized carbons (Fsp3) is 0.211. The number of nitrogens with zero attached hydrogens (tertiary/aromatic N) is 2. The number of anilines is 1. The van der Waals surface area contributed by atoms with Crippen LogP contribution in [0.5, 0.6) is 0 Å². The summed E-state index contributed by atoms with van der Waals surface area (Å²) >= 11 is 2.31. The molecule has 2 aromatic carbocycles. The summed E-state index contributed by atoms with van der Waals surface area (Å²) in [6, 6.07) is 15.1. The van der Waals surface area contributed by atoms with Crippen LogP contribution in [0, 0.1) is 9.39 Å². The second kappa shape index (κ2) is 6.55. The molecule has 0 amide bonds. The lowest BCUT2D eigenvalue weighted by Crippen LogP contribution is -2.08. The Morgan fingerprint density at radius 1 is 1.08 bits per heavy atom. The van der Waals surface area contributed by atoms with E-state index in [1.807, 2.05) is 12.1 Å². The van der Waals surface area contributed by atoms with E-state index in [-0.39, 0.29) is 5.82 Å². The molecule has 0 radical (unpaired) electrons. The number of aromatic nitrogens is 2. The Balaban J connectivity index is 1.94. The number of hydrogen-bond acceptors (Lipinski definition) is 2. The highest BCUT2D eigenvalue weighted by Gasteiger charge is 2.22. The summed E-state index contributed by atoms with van der Waals surface area (Å²) in [5.74, 6) is 0.662. The molecule has 24 heavy (non-hydrogen) atoms. The number of fused-ring (bicyclic) bond motifs is 1. The van der Waals surface area contributed by atoms with Gasteiger partial charge in [-0.1, -0.05) is 24.3 Å². The maximum atomic E-state index is 14.3. The Morgan fingerprint density at radius 3 is 2.79 bits per heavy atom. The molecule has 0 aliphatic carbocycles. The maximum Gasteiger partial charge on any atom is 0.148 e. The molecule has 122 valence electrons. The standard InChI is InChI=1S/C19H17FIN3/c20-16-9-1-2-10-17(16)24-19-15(8-3-4-11-22-19)18(23-24)13-6-5-7-14(21)12-13/h1-2,5-7,9-10,12,22H,3-4,8,11H2. The average molecular weight is 433 g/mol. The average Bonchev–Trinajstić information content (AvgIpc) is 2.77. The van der Waals surface area contributed by atoms with Gasteiger partial charge in [-0.2, -0.15) is 5.10 Å². The van der Waals surface area contributed by atoms with Crippen LogP contribution in [0.25, 0.3) is 16.9 Å². The van der Waals surface area contributed by atoms with Crippen LogP contribution in [0.1, 0.15) is 18.4 Å². The Hall–Kier alpha value is -1.89. The van der Waals surface area contributed by atoms with Gasteiger partial charge in [0.15, 0.2) is 0 Å². The molecule has 2 heterocycles. The van der Waals surface area contributed by atoms with Crippen LogP contribution >= 0.6 is 22.6 Å². The van der Waals surface area contributed by atoms with Gasteiger partial charge in [0.2, 0.25) is 0 Å². The van der Waals surface area contributed by atoms with Crippen LogP contribution < -0.4 is 5.32 Å². The van der Waals surface area contributed by atoms with Gasteiger partial charge in [-0.15, -0.1) is 0 Å². The van der Waals surface area contributed by atoms with E-state index in [4.69, 9.17) is 5.10 Å². The summed E-state index contributed by atoms with van der Waals surface area (Å²) < 4.78 is 17.2. The summed E-state index contributed by atoms with van der Waals surface area (Å²) in [5.41, 5.74) is 3.69. The van der Waals surface area contributed by atoms with Crippen LogP contribution in [0.15, 0.2) is 48.5 Å². The number of nitrogens with one attached hydrogen (secondary N) is 1. The third-order valence-corrected chi connectivity index (χ3v) is 4.98. The van der Waals surface area contributed by atoms with E-state index in [0.717, 1.165) is 42.9 Å². The summed E-state index contributed by atoms with van der Waals surface area (Å²) in [5, 5.41) is 8.24. The largest absolute Gasteiger partial charge is 0.370 e. The first-order chi connectivity index (χ1) is 11.7. The van der Waals surface area contributed by atoms with E-state index in [0.29, 0.717) is 5.69 Å². The summed E-state index contributed by atoms with van der Waals surface area (Å²) in [6.07, 6.45) is 3.18. The van der Waals surface area contributed by atoms with Gasteiger partial charge in [0.05, 0.1) is 5.69 Å². The van der Waals surface area contributed by atoms with Crippen molar-refractivity contribution in [3.63, 3.8) is 0 Å². The van der Waals surface area contributed by atoms with Crippen molar-refractivity contribution in [1.82, 2.24) is 9.78 Å². The highest BCUT2D eigenvalue weighted by Crippen LogP contribution is 2.34. The minimum atomic E-state index is -0.261. The topological polar surface area (TPSA) is 29.9 Å². The number of halogens is 2. The molecule has 5 heteroatoms. The van der Waals surface area contributed by atoms with E-state index in [2.05, 4.69) is 46.1 Å². The molecule has 0 fully saturated rings. The molecule has 1 aromatic heterocycles. The number of rotatable bonds is 2. The van der Waals surface area contributed by atoms with Crippen molar-refractivity contribution >= 4 is 28.4 Å². The number of para-hydroxylation sites is 1. The molecule has 0 atom stereocenters. The van der Waals surface area contributed by atoms with E-state index >= 15 is 0 Å². The first-order valence-electron chi connectivity index (χ1n) is 8.10. The first kappa shape index (κ1) is 15.6. The van der Waals surface area contributed by atoms with Gasteiger partial charge in [-0.05, 0) is 66.1 Å². The lowest BCUT2D eigenvalue weighted by Gasteiger charge is -2.09. The highest BCUT2D eigenvalue weighted by molar-refractivity contribution is 14.1. The molecule has 0 unspecified atom stereocenters. The zero-order valence-corrected chi connectivity index (χ0v) is 15.3. The van der Waals surface area contributed by atoms with Gasteiger partial charge in [0.25, 0.3) is 0 Å². The summed E-state index contributed by atoms with van der Waals surface area (Å²) in [7, 11) is 0. The second-order valence-electron chi connectivity index (χ2n) is 5.93. The molecule has 0 saturated heterocycles. The summed E-state index contributed by atoms with van der Waals surface area (Å²) in [6.45, 7) is 0.888. The van der Waals surface area contributed by atoms with Crippen LogP contribution in [-0.2, 0) is 6.42 Å². The van der Waals surface area contributed by atoms with Gasteiger partial charge in [0.1, 0.15) is 17.3 Å². The van der Waals surface area contributed by atoms with Gasteiger partial charge in [-0.25, -0.2) is 9.07 Å². The maximum absolute atomic E-state index is 14.3. The van der Waals surface area contributed by atoms with Gasteiger partial charge >= 0.3 is 0 Å². The molecule has 4 rings (SSSR count). The van der Waals surface area contributed by atoms with Crippen LogP contribution in [0.3, 0.4) is 0 Å². The van der Waals surface area contributed by atoms with Crippen molar-refractivity contribution in [3.05, 3.63) is 63.5 Å². The molecule has 0 bridgehead atoms. The molecular weight excluding hydrogens is 416 g/mol. The minimum absolute atomic E-state index is 0.261. The van der Waals surface area contributed by atoms with Crippen molar-refractivity contribution in [3.8, 4) is 16.9 Å². The smallest absolute Gasteiger partial charge is 0.148 e. The van der Waals surface area contributed by atoms with Crippen molar-refractivity contribution in [2.24, 2.45) is 0 Å². The molecule has 0 spiro atoms. The van der Waals surface area contributed by atoms with Crippen LogP contribution in [-0.4, -0.2) is 16.3 Å². The molecule has 1 aliphatic rings. The minimum Gasteiger partial charge on any atom is -0.370 e. The van der Waals surface area contributed by atoms with Crippen molar-refractivity contribution in [1.29, 1.82) is 0 Å². The zero-order valence-electron chi connectivity index (χ0n) is 13.1. The van der Waals surface area contributed by atoms with E-state index in [1.165, 1.54) is 15.2 Å². The normalized spacial score (nSPS) is 13.9. The third kappa shape index (κ3) is 2.81. The van der Waals surface area contributed by atoms with Gasteiger partial charge < -0.3 is 5.32 Å². The Kier molecular flexibility index (Phi) is 4.26. The lowest BCUT2D eigenvalue weighted by atomic mass is 10.0. The van der Waals surface area contributed by atoms with Crippen molar-refractivity contribution < 1.29 is 4.39 Å². The summed E-state index contributed by atoms with van der Waals surface area (Å²) in [4.78, 5) is 0. The van der Waals surface area contributed by atoms with Crippen molar-refractivity contribution in [2.75, 3.05) is 11.9 Å². The zero-order chi connectivity index (χ0) is 16.5. The van der Waals surface area contributed by atoms with Gasteiger partial charge in [0, 0.05) is 21.2 Å². The predicted octanol–water partition coefficient (Wildman–Crippen LogP) is 5.03. The molecule has 3 nitrogen and oxygen atoms in total. The molecule has 1 N–H and O–H groups in total. The van der Waals surface area contributed by atoms with Crippen LogP contribution in [0.2, 0.25) is 0 Å². The van der Waals surface area contributed by atoms with E-state index in [9.17, 15) is 4.39 Å². The lowest BCUT2D eigenvalue weighted by molar-refractivity contribution is 0.611. The number of hydrogen-bond donors (Lipinski definition) is 1. The monoisotopic (exact) mass is 433 g/mol. The SMILES string of the molecule is Fc1ccccc1-n1nc(-c2cccc(I)c2)c2c1NCCCC2. The third-order valence-electron chi connectivity index (χ3n) is 4.31. The first-order valence-corrected chi connectivity index (χ1v) is 9.18. The predicted molar refractivity (Wildman–Crippen MR) is 103 cm³/mol. The fourth-order valence-corrected chi connectivity index (χ4v) is 3.71. The second-order valence-corrected chi connectivity index (χ2v) is 7.18. The fourth-order valence-electron chi connectivity index (χ4n) is 3.17. The quantitative estimate of drug-likeness (QED) is 0.575. The van der Waals surface area contributed by atoms with E-state index < -0.39 is 0 Å². The van der Waals surface area contributed by atoms with E-state index in [1.54, 1.807) is 16.8 Å². The molecule has 1 aliphatic heterocycles. The number of benzene rings is 2. The Morgan fingerprint density at radius 2 is 1.96 bits per heavy atom. The highest BCUT2D eigenvalue weighted by atomic mass is 127. The molecular formula is C19H17FIN3. The van der Waals surface area contributed by atoms with Crippen molar-refractivity contribution in [2.45, 2.75) is 19.3 Å². The Labute approximate surface area is 154 Å². The van der Waals surface area contributed by atoms with Crippen LogP contribution in [0.4, 0.5) is 10.2 Å². The van der Waals surface area contributed by atoms with Gasteiger partial charge in [-0.3, -0.25) is 0 Å².